The maximum absolute atomic E-state index is 12.3. The van der Waals surface area contributed by atoms with Crippen molar-refractivity contribution >= 4 is 36.9 Å². The Morgan fingerprint density at radius 2 is 0.848 bits per heavy atom. The van der Waals surface area contributed by atoms with E-state index in [9.17, 15) is 39.3 Å². The molecule has 0 aromatic heterocycles. The van der Waals surface area contributed by atoms with Crippen molar-refractivity contribution < 1.29 is 44.0 Å². The van der Waals surface area contributed by atoms with Gasteiger partial charge in [0.2, 0.25) is 5.91 Å². The first-order chi connectivity index (χ1) is 44.7. The van der Waals surface area contributed by atoms with Gasteiger partial charge in [-0.25, -0.2) is 11.3 Å². The van der Waals surface area contributed by atoms with Crippen LogP contribution in [0.4, 0.5) is 0 Å². The average Bonchev–Trinajstić information content (AvgIpc) is 2.57. The maximum atomic E-state index is 12.3. The number of aldehydes is 3. The van der Waals surface area contributed by atoms with Gasteiger partial charge in [0.1, 0.15) is 29.6 Å². The number of carbonyl (C=O) groups is 5. The molecule has 0 saturated carbocycles. The zero-order valence-corrected chi connectivity index (χ0v) is 52.9. The van der Waals surface area contributed by atoms with Crippen LogP contribution in [0.5, 0.6) is 23.0 Å². The molecule has 2 saturated heterocycles. The number of phenols is 3. The number of benzene rings is 6. The first kappa shape index (κ1) is 74.6. The number of hydrazone groups is 1. The van der Waals surface area contributed by atoms with E-state index in [1.54, 1.807) is 66.8 Å². The number of allylic oxidation sites excluding steroid dienone is 6. The number of nitrogens with one attached hydrogen (secondary N) is 2. The van der Waals surface area contributed by atoms with E-state index in [1.165, 1.54) is 17.3 Å². The molecule has 2 aliphatic rings. The number of nitrogens with two attached hydrogens (primary N) is 1. The Balaban J connectivity index is 0.000000259. The van der Waals surface area contributed by atoms with Crippen LogP contribution in [-0.2, 0) is 61.2 Å². The van der Waals surface area contributed by atoms with Crippen molar-refractivity contribution in [1.82, 2.24) is 30.5 Å². The molecule has 0 aliphatic carbocycles. The van der Waals surface area contributed by atoms with E-state index in [2.05, 4.69) is 130 Å². The fraction of sp³-hybridized carbons (Fsp3) is 0.253. The number of hydrogen-bond acceptors (Lipinski definition) is 15. The second-order valence-electron chi connectivity index (χ2n) is 21.4. The van der Waals surface area contributed by atoms with E-state index in [4.69, 9.17) is 10.6 Å². The van der Waals surface area contributed by atoms with Gasteiger partial charge in [-0.05, 0) is 107 Å². The Labute approximate surface area is 543 Å². The van der Waals surface area contributed by atoms with E-state index in [1.807, 2.05) is 48.5 Å². The van der Waals surface area contributed by atoms with Crippen LogP contribution in [0.25, 0.3) is 0 Å². The number of para-hydroxylation sites is 2. The van der Waals surface area contributed by atoms with E-state index in [0.717, 1.165) is 105 Å². The van der Waals surface area contributed by atoms with Crippen LogP contribution >= 0.6 is 0 Å². The molecule has 6 aromatic rings. The Morgan fingerprint density at radius 3 is 1.30 bits per heavy atom. The SMILES string of the molecule is C=CCOc1c(C=O)cccc1CC=C.C=CCc1cc(/C=N/NC(=O)CN2CCN(Cc3ccccc3)CC2)c(O)c(CC=C)c1.C=CCc1cc(C=O)c(O)c(CC=C)c1.C=CCc1cccc(C=O)c1O.NNC(=O)CN1CCN(Cc2ccccc2)CC1. The highest BCUT2D eigenvalue weighted by molar-refractivity contribution is 5.87. The highest BCUT2D eigenvalue weighted by Crippen LogP contribution is 2.27. The van der Waals surface area contributed by atoms with Crippen LogP contribution in [-0.4, -0.2) is 144 Å². The number of hydrazine groups is 1. The Hall–Kier alpha value is -9.88. The van der Waals surface area contributed by atoms with Crippen LogP contribution < -0.4 is 21.4 Å². The normalized spacial score (nSPS) is 13.0. The molecule has 2 fully saturated rings. The molecule has 0 radical (unpaired) electrons. The molecule has 484 valence electrons. The van der Waals surface area contributed by atoms with Gasteiger partial charge in [0.25, 0.3) is 5.91 Å². The number of amides is 2. The molecule has 17 heteroatoms. The molecule has 2 aliphatic heterocycles. The lowest BCUT2D eigenvalue weighted by molar-refractivity contribution is -0.123. The first-order valence-electron chi connectivity index (χ1n) is 30.4. The van der Waals surface area contributed by atoms with Gasteiger partial charge in [0, 0.05) is 71.0 Å². The smallest absolute Gasteiger partial charge is 0.254 e. The van der Waals surface area contributed by atoms with Gasteiger partial charge in [0.05, 0.1) is 36.0 Å². The third-order valence-corrected chi connectivity index (χ3v) is 14.5. The minimum Gasteiger partial charge on any atom is -0.507 e. The lowest BCUT2D eigenvalue weighted by Crippen LogP contribution is -2.49. The number of aromatic hydroxyl groups is 3. The molecular formula is C75H90N8O9. The van der Waals surface area contributed by atoms with Gasteiger partial charge in [0.15, 0.2) is 18.9 Å². The molecule has 2 heterocycles. The van der Waals surface area contributed by atoms with Crippen LogP contribution in [0.3, 0.4) is 0 Å². The summed E-state index contributed by atoms with van der Waals surface area (Å²) in [5.41, 5.74) is 14.4. The number of piperazine rings is 2. The molecule has 17 nitrogen and oxygen atoms in total. The summed E-state index contributed by atoms with van der Waals surface area (Å²) in [6, 6.07) is 38.8. The number of nitrogens with zero attached hydrogens (tertiary/aromatic N) is 5. The summed E-state index contributed by atoms with van der Waals surface area (Å²) in [7, 11) is 0. The second-order valence-corrected chi connectivity index (χ2v) is 21.4. The molecule has 8 rings (SSSR count). The molecule has 0 bridgehead atoms. The quantitative estimate of drug-likeness (QED) is 0.00671. The van der Waals surface area contributed by atoms with Crippen molar-refractivity contribution in [3.05, 3.63) is 277 Å². The summed E-state index contributed by atoms with van der Waals surface area (Å²) in [6.07, 6.45) is 19.5. The standard InChI is InChI=1S/C26H32N4O2.C13H20N4O.2C13H14O2.C10H10O2/c1-3-8-22-16-23(9-4-2)26(32)24(17-22)18-27-28-25(31)20-30-14-12-29(13-15-30)19-21-10-6-5-7-11-21;14-15-13(18)11-17-8-6-16(7-9-17)10-12-4-2-1-3-5-12;1-3-6-11-7-5-8-12(10-14)13(11)15-9-4-2;1-3-5-10-7-11(6-4-2)13(15)12(8-10)9-14;1-2-4-8-5-3-6-9(7-11)10(8)12/h3-7,10-11,16-18,32H,1-2,8-9,12-15,19-20H2,(H,28,31);1-5H,6-11,14H2,(H,15,18);3-5,7-8,10H,1-2,6,9H2;3-4,7-9,15H,1-2,5-6H2;2-3,5-7,12H,1,4H2/b27-18+;;;;. The third kappa shape index (κ3) is 26.3. The lowest BCUT2D eigenvalue weighted by Gasteiger charge is -2.34. The first-order valence-corrected chi connectivity index (χ1v) is 30.4. The summed E-state index contributed by atoms with van der Waals surface area (Å²) in [5, 5.41) is 33.7. The largest absolute Gasteiger partial charge is 0.507 e. The maximum Gasteiger partial charge on any atom is 0.254 e. The van der Waals surface area contributed by atoms with Crippen molar-refractivity contribution in [2.75, 3.05) is 72.1 Å². The van der Waals surface area contributed by atoms with Crippen LogP contribution in [0, 0.1) is 0 Å². The Bertz CT molecular complexity index is 3390. The highest BCUT2D eigenvalue weighted by atomic mass is 16.5. The zero-order valence-electron chi connectivity index (χ0n) is 52.9. The topological polar surface area (TPSA) is 231 Å². The monoisotopic (exact) mass is 1250 g/mol. The van der Waals surface area contributed by atoms with E-state index < -0.39 is 0 Å². The number of carbonyl (C=O) groups excluding carboxylic acids is 5. The van der Waals surface area contributed by atoms with Crippen molar-refractivity contribution in [3.63, 3.8) is 0 Å². The van der Waals surface area contributed by atoms with Crippen molar-refractivity contribution in [2.45, 2.75) is 51.6 Å². The van der Waals surface area contributed by atoms with Crippen molar-refractivity contribution in [3.8, 4) is 23.0 Å². The number of hydrogen-bond donors (Lipinski definition) is 6. The number of phenolic OH excluding ortho intramolecular Hbond substituents is 3. The van der Waals surface area contributed by atoms with Gasteiger partial charge in [-0.3, -0.25) is 49.0 Å². The Morgan fingerprint density at radius 1 is 0.446 bits per heavy atom. The van der Waals surface area contributed by atoms with Gasteiger partial charge < -0.3 is 20.1 Å². The highest BCUT2D eigenvalue weighted by Gasteiger charge is 2.21. The van der Waals surface area contributed by atoms with Crippen molar-refractivity contribution in [1.29, 1.82) is 0 Å². The molecule has 0 atom stereocenters. The average molecular weight is 1250 g/mol. The third-order valence-electron chi connectivity index (χ3n) is 14.5. The molecular weight excluding hydrogens is 1160 g/mol. The van der Waals surface area contributed by atoms with E-state index in [0.29, 0.717) is 98.8 Å². The van der Waals surface area contributed by atoms with Gasteiger partial charge in [-0.1, -0.05) is 146 Å². The number of ether oxygens (including phenoxy) is 1. The molecule has 7 N–H and O–H groups in total. The number of rotatable bonds is 28. The molecule has 92 heavy (non-hydrogen) atoms. The van der Waals surface area contributed by atoms with Crippen molar-refractivity contribution in [2.24, 2.45) is 10.9 Å². The van der Waals surface area contributed by atoms with Gasteiger partial charge in [-0.2, -0.15) is 5.10 Å². The van der Waals surface area contributed by atoms with Crippen LogP contribution in [0.2, 0.25) is 0 Å². The summed E-state index contributed by atoms with van der Waals surface area (Å²) < 4.78 is 5.46. The molecule has 0 unspecified atom stereocenters. The predicted octanol–water partition coefficient (Wildman–Crippen LogP) is 10.3. The second kappa shape index (κ2) is 42.9. The van der Waals surface area contributed by atoms with Gasteiger partial charge >= 0.3 is 0 Å². The predicted molar refractivity (Wildman–Crippen MR) is 370 cm³/mol. The molecule has 0 spiro atoms. The minimum atomic E-state index is -0.161. The van der Waals surface area contributed by atoms with Crippen LogP contribution in [0.1, 0.15) is 81.1 Å². The molecule has 2 amide bonds. The van der Waals surface area contributed by atoms with E-state index >= 15 is 0 Å². The van der Waals surface area contributed by atoms with Crippen LogP contribution in [0.15, 0.2) is 215 Å². The summed E-state index contributed by atoms with van der Waals surface area (Å²) in [4.78, 5) is 64.5. The molecule has 6 aromatic carbocycles. The zero-order chi connectivity index (χ0) is 66.9. The van der Waals surface area contributed by atoms with E-state index in [-0.39, 0.29) is 29.1 Å². The summed E-state index contributed by atoms with van der Waals surface area (Å²) in [5.74, 6) is 5.71. The van der Waals surface area contributed by atoms with Gasteiger partial charge in [-0.15, -0.1) is 39.5 Å². The minimum absolute atomic E-state index is 0.0534. The fourth-order valence-corrected chi connectivity index (χ4v) is 9.87. The summed E-state index contributed by atoms with van der Waals surface area (Å²) >= 11 is 0. The fourth-order valence-electron chi connectivity index (χ4n) is 9.87. The Kier molecular flexibility index (Phi) is 34.8. The summed E-state index contributed by atoms with van der Waals surface area (Å²) in [6.45, 7) is 36.0. The lowest BCUT2D eigenvalue weighted by atomic mass is 10.0.